The topological polar surface area (TPSA) is 112 Å². The van der Waals surface area contributed by atoms with Crippen molar-refractivity contribution >= 4 is 23.9 Å². The zero-order valence-corrected chi connectivity index (χ0v) is 41.4. The van der Waals surface area contributed by atoms with E-state index in [9.17, 15) is 19.2 Å². The maximum atomic E-state index is 12.8. The van der Waals surface area contributed by atoms with Crippen LogP contribution in [0.5, 0.6) is 0 Å². The molecule has 0 aromatic heterocycles. The van der Waals surface area contributed by atoms with Crippen molar-refractivity contribution in [2.24, 2.45) is 0 Å². The van der Waals surface area contributed by atoms with Crippen molar-refractivity contribution in [3.05, 3.63) is 0 Å². The lowest BCUT2D eigenvalue weighted by molar-refractivity contribution is -0.146. The molecule has 0 bridgehead atoms. The number of hydrogen-bond donors (Lipinski definition) is 0. The van der Waals surface area contributed by atoms with E-state index >= 15 is 0 Å². The van der Waals surface area contributed by atoms with Gasteiger partial charge in [0, 0.05) is 38.8 Å². The molecule has 0 spiro atoms. The van der Waals surface area contributed by atoms with Crippen molar-refractivity contribution in [3.8, 4) is 0 Å². The minimum Gasteiger partial charge on any atom is -0.469 e. The maximum Gasteiger partial charge on any atom is 0.307 e. The van der Waals surface area contributed by atoms with Gasteiger partial charge in [0.15, 0.2) is 0 Å². The molecule has 0 amide bonds. The number of ether oxygens (including phenoxy) is 4. The summed E-state index contributed by atoms with van der Waals surface area (Å²) in [4.78, 5) is 54.9. The fourth-order valence-electron chi connectivity index (χ4n) is 7.95. The van der Waals surface area contributed by atoms with E-state index in [0.717, 1.165) is 38.5 Å². The van der Waals surface area contributed by atoms with Gasteiger partial charge < -0.3 is 23.8 Å². The van der Waals surface area contributed by atoms with Gasteiger partial charge in [-0.15, -0.1) is 0 Å². The first-order valence-corrected chi connectivity index (χ1v) is 26.3. The number of unbranched alkanes of at least 4 members (excludes halogenated alkanes) is 27. The summed E-state index contributed by atoms with van der Waals surface area (Å²) in [6, 6.07) is -0.0697. The van der Waals surface area contributed by atoms with E-state index in [2.05, 4.69) is 37.5 Å². The lowest BCUT2D eigenvalue weighted by Gasteiger charge is -2.33. The molecule has 0 rings (SSSR count). The van der Waals surface area contributed by atoms with Gasteiger partial charge >= 0.3 is 23.9 Å². The van der Waals surface area contributed by atoms with Crippen LogP contribution in [0.15, 0.2) is 0 Å². The highest BCUT2D eigenvalue weighted by molar-refractivity contribution is 5.71. The average molecular weight is 881 g/mol. The maximum absolute atomic E-state index is 12.8. The summed E-state index contributed by atoms with van der Waals surface area (Å²) >= 11 is 0. The number of methoxy groups -OCH3 is 1. The van der Waals surface area contributed by atoms with Crippen LogP contribution in [-0.4, -0.2) is 99.4 Å². The number of carbonyl (C=O) groups is 4. The molecule has 62 heavy (non-hydrogen) atoms. The summed E-state index contributed by atoms with van der Waals surface area (Å²) in [5.74, 6) is -0.995. The smallest absolute Gasteiger partial charge is 0.307 e. The number of rotatable bonds is 48. The molecule has 0 aromatic rings. The molecule has 10 nitrogen and oxygen atoms in total. The van der Waals surface area contributed by atoms with Gasteiger partial charge in [0.1, 0.15) is 0 Å². The van der Waals surface area contributed by atoms with Crippen LogP contribution in [0.3, 0.4) is 0 Å². The van der Waals surface area contributed by atoms with Crippen LogP contribution in [0.1, 0.15) is 246 Å². The van der Waals surface area contributed by atoms with Crippen LogP contribution in [0, 0.1) is 0 Å². The van der Waals surface area contributed by atoms with Crippen molar-refractivity contribution in [1.82, 2.24) is 9.80 Å². The fraction of sp³-hybridized carbons (Fsp3) is 0.923. The largest absolute Gasteiger partial charge is 0.469 e. The van der Waals surface area contributed by atoms with Gasteiger partial charge in [-0.3, -0.25) is 24.1 Å². The highest BCUT2D eigenvalue weighted by Gasteiger charge is 2.22. The molecule has 0 radical (unpaired) electrons. The van der Waals surface area contributed by atoms with Crippen molar-refractivity contribution in [1.29, 1.82) is 0 Å². The molecule has 0 aliphatic carbocycles. The Morgan fingerprint density at radius 1 is 0.371 bits per heavy atom. The molecular weight excluding hydrogens is 781 g/mol. The predicted molar refractivity (Wildman–Crippen MR) is 256 cm³/mol. The molecule has 0 saturated carbocycles. The molecule has 0 N–H and O–H groups in total. The summed E-state index contributed by atoms with van der Waals surface area (Å²) in [6.07, 6.45) is 37.7. The van der Waals surface area contributed by atoms with Gasteiger partial charge in [-0.25, -0.2) is 0 Å². The Morgan fingerprint density at radius 2 is 0.629 bits per heavy atom. The summed E-state index contributed by atoms with van der Waals surface area (Å²) in [6.45, 7) is 12.4. The first kappa shape index (κ1) is 59.8. The molecule has 10 heteroatoms. The Labute approximate surface area is 382 Å². The Kier molecular flexibility index (Phi) is 45.1. The summed E-state index contributed by atoms with van der Waals surface area (Å²) in [5, 5.41) is 0. The first-order valence-electron chi connectivity index (χ1n) is 26.3. The van der Waals surface area contributed by atoms with Crippen LogP contribution in [0.4, 0.5) is 0 Å². The molecule has 0 aliphatic rings. The van der Waals surface area contributed by atoms with E-state index < -0.39 is 0 Å². The van der Waals surface area contributed by atoms with Gasteiger partial charge in [-0.2, -0.15) is 0 Å². The molecule has 366 valence electrons. The van der Waals surface area contributed by atoms with Crippen LogP contribution in [0.2, 0.25) is 0 Å². The third-order valence-corrected chi connectivity index (χ3v) is 12.1. The molecule has 0 aromatic carbocycles. The third-order valence-electron chi connectivity index (χ3n) is 12.1. The predicted octanol–water partition coefficient (Wildman–Crippen LogP) is 13.1. The first-order chi connectivity index (χ1) is 30.3. The van der Waals surface area contributed by atoms with E-state index in [1.165, 1.54) is 161 Å². The van der Waals surface area contributed by atoms with Crippen molar-refractivity contribution < 1.29 is 38.1 Å². The lowest BCUT2D eigenvalue weighted by Crippen LogP contribution is -2.45. The van der Waals surface area contributed by atoms with Gasteiger partial charge in [-0.1, -0.05) is 194 Å². The second-order valence-electron chi connectivity index (χ2n) is 18.0. The van der Waals surface area contributed by atoms with Crippen molar-refractivity contribution in [2.45, 2.75) is 252 Å². The van der Waals surface area contributed by atoms with Crippen LogP contribution in [0.25, 0.3) is 0 Å². The minimum absolute atomic E-state index is 0.0697. The monoisotopic (exact) mass is 881 g/mol. The second-order valence-corrected chi connectivity index (χ2v) is 18.0. The normalized spacial score (nSPS) is 11.9. The van der Waals surface area contributed by atoms with E-state index in [1.807, 2.05) is 0 Å². The number of nitrogens with zero attached hydrogens (tertiary/aromatic N) is 2. The van der Waals surface area contributed by atoms with Crippen LogP contribution in [-0.2, 0) is 38.1 Å². The molecule has 0 aliphatic heterocycles. The average Bonchev–Trinajstić information content (AvgIpc) is 3.27. The molecule has 0 saturated heterocycles. The molecule has 1 atom stereocenters. The molecule has 0 fully saturated rings. The lowest BCUT2D eigenvalue weighted by atomic mass is 10.1. The number of esters is 4. The number of hydrogen-bond acceptors (Lipinski definition) is 10. The number of carbonyl (C=O) groups excluding carboxylic acids is 4. The van der Waals surface area contributed by atoms with E-state index in [4.69, 9.17) is 18.9 Å². The standard InChI is InChI=1S/C52H100N2O8/c1-6-9-12-15-18-21-24-27-30-33-44-60-50(56)36-40-53(41-37-51(57)61-45-34-31-28-25-22-19-16-13-10-7-2)47-48(4)54(42-38-49(55)59-5)43-39-52(58)62-46-35-32-29-26-23-20-17-14-11-8-3/h48H,6-47H2,1-5H3. The van der Waals surface area contributed by atoms with E-state index in [0.29, 0.717) is 52.5 Å². The van der Waals surface area contributed by atoms with Crippen LogP contribution >= 0.6 is 0 Å². The van der Waals surface area contributed by atoms with E-state index in [1.54, 1.807) is 0 Å². The molecule has 1 unspecified atom stereocenters. The zero-order valence-electron chi connectivity index (χ0n) is 41.4. The Bertz CT molecular complexity index is 985. The second kappa shape index (κ2) is 46.8. The zero-order chi connectivity index (χ0) is 45.6. The van der Waals surface area contributed by atoms with Crippen molar-refractivity contribution in [2.75, 3.05) is 59.7 Å². The SMILES string of the molecule is CCCCCCCCCCCCOC(=O)CCN(CCC(=O)OCCCCCCCCCCCC)CC(C)N(CCC(=O)OC)CCC(=O)OCCCCCCCCCCCC. The Hall–Kier alpha value is -2.20. The Balaban J connectivity index is 5.01. The highest BCUT2D eigenvalue weighted by atomic mass is 16.5. The van der Waals surface area contributed by atoms with Gasteiger partial charge in [0.2, 0.25) is 0 Å². The van der Waals surface area contributed by atoms with Gasteiger partial charge in [-0.05, 0) is 26.2 Å². The van der Waals surface area contributed by atoms with E-state index in [-0.39, 0.29) is 55.6 Å². The minimum atomic E-state index is -0.307. The van der Waals surface area contributed by atoms with Crippen LogP contribution < -0.4 is 0 Å². The fourth-order valence-corrected chi connectivity index (χ4v) is 7.95. The highest BCUT2D eigenvalue weighted by Crippen LogP contribution is 2.14. The quantitative estimate of drug-likeness (QED) is 0.0333. The third kappa shape index (κ3) is 41.8. The summed E-state index contributed by atoms with van der Waals surface area (Å²) in [5.41, 5.74) is 0. The summed E-state index contributed by atoms with van der Waals surface area (Å²) in [7, 11) is 1.38. The molecular formula is C52H100N2O8. The molecule has 0 heterocycles. The summed E-state index contributed by atoms with van der Waals surface area (Å²) < 4.78 is 21.8. The van der Waals surface area contributed by atoms with Gasteiger partial charge in [0.05, 0.1) is 52.6 Å². The van der Waals surface area contributed by atoms with Crippen molar-refractivity contribution in [3.63, 3.8) is 0 Å². The van der Waals surface area contributed by atoms with Gasteiger partial charge in [0.25, 0.3) is 0 Å². The Morgan fingerprint density at radius 3 is 0.919 bits per heavy atom.